The molecule has 1 saturated carbocycles. The molecule has 1 rings (SSSR count). The maximum Gasteiger partial charge on any atom is 0.106 e. The van der Waals surface area contributed by atoms with Crippen LogP contribution in [0.4, 0.5) is 0 Å². The molecule has 5 nitrogen and oxygen atoms in total. The first-order valence-electron chi connectivity index (χ1n) is 4.89. The highest BCUT2D eigenvalue weighted by atomic mass is 16.4. The van der Waals surface area contributed by atoms with Gasteiger partial charge in [-0.05, 0) is 12.8 Å². The van der Waals surface area contributed by atoms with Crippen molar-refractivity contribution in [2.45, 2.75) is 43.7 Å². The molecule has 0 spiro atoms. The summed E-state index contributed by atoms with van der Waals surface area (Å²) in [6, 6.07) is 0. The average molecular weight is 206 g/mol. The predicted octanol–water partition coefficient (Wildman–Crippen LogP) is -1.78. The van der Waals surface area contributed by atoms with E-state index in [9.17, 15) is 20.4 Å². The van der Waals surface area contributed by atoms with Gasteiger partial charge in [0.25, 0.3) is 0 Å². The Kier molecular flexibility index (Phi) is 4.28. The molecule has 14 heavy (non-hydrogen) atoms. The summed E-state index contributed by atoms with van der Waals surface area (Å²) in [6.45, 7) is -0.252. The molecule has 0 unspecified atom stereocenters. The first kappa shape index (κ1) is 11.9. The zero-order valence-corrected chi connectivity index (χ0v) is 7.95. The van der Waals surface area contributed by atoms with Gasteiger partial charge in [0.1, 0.15) is 6.10 Å². The standard InChI is InChI=1S/C9H18O5/c10-4-5-1-2-6(11)3-7(12)9(14)8(5)13/h5-14H,1-4H2/t5-,6-,7-,8+,9-/m1/s1. The van der Waals surface area contributed by atoms with Crippen LogP contribution in [0, 0.1) is 5.92 Å². The lowest BCUT2D eigenvalue weighted by atomic mass is 9.85. The lowest BCUT2D eigenvalue weighted by Crippen LogP contribution is -2.46. The molecule has 1 aliphatic rings. The summed E-state index contributed by atoms with van der Waals surface area (Å²) in [6.07, 6.45) is -3.29. The molecular weight excluding hydrogens is 188 g/mol. The second-order valence-electron chi connectivity index (χ2n) is 3.96. The van der Waals surface area contributed by atoms with Crippen LogP contribution in [0.5, 0.6) is 0 Å². The zero-order valence-electron chi connectivity index (χ0n) is 7.95. The topological polar surface area (TPSA) is 101 Å². The van der Waals surface area contributed by atoms with E-state index in [-0.39, 0.29) is 13.0 Å². The van der Waals surface area contributed by atoms with Gasteiger partial charge >= 0.3 is 0 Å². The van der Waals surface area contributed by atoms with Gasteiger partial charge in [0.05, 0.1) is 18.3 Å². The molecule has 0 aliphatic heterocycles. The van der Waals surface area contributed by atoms with E-state index in [0.717, 1.165) is 0 Å². The van der Waals surface area contributed by atoms with Crippen LogP contribution in [-0.2, 0) is 0 Å². The van der Waals surface area contributed by atoms with E-state index >= 15 is 0 Å². The van der Waals surface area contributed by atoms with Gasteiger partial charge in [0, 0.05) is 18.9 Å². The molecule has 0 heterocycles. The first-order chi connectivity index (χ1) is 6.56. The fraction of sp³-hybridized carbons (Fsp3) is 1.00. The van der Waals surface area contributed by atoms with Crippen molar-refractivity contribution < 1.29 is 25.5 Å². The molecule has 1 fully saturated rings. The molecule has 0 radical (unpaired) electrons. The Morgan fingerprint density at radius 1 is 0.929 bits per heavy atom. The van der Waals surface area contributed by atoms with Crippen molar-refractivity contribution in [2.24, 2.45) is 5.92 Å². The molecule has 1 aliphatic carbocycles. The van der Waals surface area contributed by atoms with Crippen LogP contribution in [0.3, 0.4) is 0 Å². The van der Waals surface area contributed by atoms with Gasteiger partial charge in [0.15, 0.2) is 0 Å². The summed E-state index contributed by atoms with van der Waals surface area (Å²) in [5.74, 6) is -0.477. The smallest absolute Gasteiger partial charge is 0.106 e. The third-order valence-electron chi connectivity index (χ3n) is 2.85. The molecular formula is C9H18O5. The van der Waals surface area contributed by atoms with E-state index in [4.69, 9.17) is 5.11 Å². The number of hydrogen-bond donors (Lipinski definition) is 5. The Balaban J connectivity index is 2.66. The average Bonchev–Trinajstić information content (AvgIpc) is 2.15. The fourth-order valence-corrected chi connectivity index (χ4v) is 1.82. The fourth-order valence-electron chi connectivity index (χ4n) is 1.82. The number of aliphatic hydroxyl groups is 5. The molecule has 84 valence electrons. The third-order valence-corrected chi connectivity index (χ3v) is 2.85. The van der Waals surface area contributed by atoms with Gasteiger partial charge in [-0.25, -0.2) is 0 Å². The summed E-state index contributed by atoms with van der Waals surface area (Å²) >= 11 is 0. The van der Waals surface area contributed by atoms with E-state index < -0.39 is 30.3 Å². The Morgan fingerprint density at radius 2 is 1.57 bits per heavy atom. The zero-order chi connectivity index (χ0) is 10.7. The van der Waals surface area contributed by atoms with Gasteiger partial charge in [-0.3, -0.25) is 0 Å². The van der Waals surface area contributed by atoms with E-state index in [1.54, 1.807) is 0 Å². The van der Waals surface area contributed by atoms with Crippen LogP contribution >= 0.6 is 0 Å². The second kappa shape index (κ2) is 5.04. The summed E-state index contributed by atoms with van der Waals surface area (Å²) < 4.78 is 0. The Morgan fingerprint density at radius 3 is 2.14 bits per heavy atom. The van der Waals surface area contributed by atoms with Crippen molar-refractivity contribution in [1.29, 1.82) is 0 Å². The maximum absolute atomic E-state index is 9.55. The van der Waals surface area contributed by atoms with Gasteiger partial charge in [-0.15, -0.1) is 0 Å². The third kappa shape index (κ3) is 2.65. The molecule has 0 bridgehead atoms. The van der Waals surface area contributed by atoms with Gasteiger partial charge in [-0.2, -0.15) is 0 Å². The van der Waals surface area contributed by atoms with Gasteiger partial charge in [0.2, 0.25) is 0 Å². The molecule has 0 aromatic heterocycles. The van der Waals surface area contributed by atoms with Crippen molar-refractivity contribution in [3.05, 3.63) is 0 Å². The minimum atomic E-state index is -1.29. The first-order valence-corrected chi connectivity index (χ1v) is 4.89. The van der Waals surface area contributed by atoms with E-state index in [1.807, 2.05) is 0 Å². The molecule has 0 amide bonds. The Hall–Kier alpha value is -0.200. The molecule has 5 atom stereocenters. The Labute approximate surface area is 82.6 Å². The van der Waals surface area contributed by atoms with E-state index in [2.05, 4.69) is 0 Å². The predicted molar refractivity (Wildman–Crippen MR) is 48.5 cm³/mol. The van der Waals surface area contributed by atoms with Gasteiger partial charge in [-0.1, -0.05) is 0 Å². The number of rotatable bonds is 1. The lowest BCUT2D eigenvalue weighted by molar-refractivity contribution is -0.112. The van der Waals surface area contributed by atoms with Crippen molar-refractivity contribution in [1.82, 2.24) is 0 Å². The summed E-state index contributed by atoms with van der Waals surface area (Å²) in [5.41, 5.74) is 0. The highest BCUT2D eigenvalue weighted by Gasteiger charge is 2.34. The van der Waals surface area contributed by atoms with Crippen LogP contribution < -0.4 is 0 Å². The molecule has 0 aromatic carbocycles. The van der Waals surface area contributed by atoms with Crippen LogP contribution in [0.2, 0.25) is 0 Å². The normalized spacial score (nSPS) is 45.6. The van der Waals surface area contributed by atoms with Crippen molar-refractivity contribution in [3.63, 3.8) is 0 Å². The van der Waals surface area contributed by atoms with Crippen LogP contribution in [0.1, 0.15) is 19.3 Å². The summed E-state index contributed by atoms with van der Waals surface area (Å²) in [4.78, 5) is 0. The highest BCUT2D eigenvalue weighted by molar-refractivity contribution is 4.85. The van der Waals surface area contributed by atoms with Crippen LogP contribution in [0.15, 0.2) is 0 Å². The summed E-state index contributed by atoms with van der Waals surface area (Å²) in [7, 11) is 0. The molecule has 0 saturated heterocycles. The lowest BCUT2D eigenvalue weighted by Gasteiger charge is -2.32. The minimum absolute atomic E-state index is 0.0658. The maximum atomic E-state index is 9.55. The molecule has 5 heteroatoms. The molecule has 0 aromatic rings. The van der Waals surface area contributed by atoms with Crippen molar-refractivity contribution >= 4 is 0 Å². The van der Waals surface area contributed by atoms with Gasteiger partial charge < -0.3 is 25.5 Å². The summed E-state index contributed by atoms with van der Waals surface area (Å²) in [5, 5.41) is 46.7. The SMILES string of the molecule is OC[C@H]1CC[C@@H](O)C[C@@H](O)[C@@H](O)[C@H]1O. The highest BCUT2D eigenvalue weighted by Crippen LogP contribution is 2.23. The van der Waals surface area contributed by atoms with Crippen LogP contribution in [-0.4, -0.2) is 56.6 Å². The number of aliphatic hydroxyl groups excluding tert-OH is 5. The quantitative estimate of drug-likeness (QED) is 0.349. The van der Waals surface area contributed by atoms with Crippen molar-refractivity contribution in [2.75, 3.05) is 6.61 Å². The molecule has 5 N–H and O–H groups in total. The van der Waals surface area contributed by atoms with Crippen LogP contribution in [0.25, 0.3) is 0 Å². The Bertz CT molecular complexity index is 173. The van der Waals surface area contributed by atoms with Crippen molar-refractivity contribution in [3.8, 4) is 0 Å². The second-order valence-corrected chi connectivity index (χ2v) is 3.96. The minimum Gasteiger partial charge on any atom is -0.396 e. The monoisotopic (exact) mass is 206 g/mol. The largest absolute Gasteiger partial charge is 0.396 e. The number of hydrogen-bond acceptors (Lipinski definition) is 5. The van der Waals surface area contributed by atoms with E-state index in [0.29, 0.717) is 12.8 Å². The van der Waals surface area contributed by atoms with E-state index in [1.165, 1.54) is 0 Å².